The van der Waals surface area contributed by atoms with E-state index in [1.165, 1.54) is 24.3 Å². The van der Waals surface area contributed by atoms with Crippen LogP contribution in [0.2, 0.25) is 0 Å². The van der Waals surface area contributed by atoms with Gasteiger partial charge in [0.05, 0.1) is 10.6 Å². The summed E-state index contributed by atoms with van der Waals surface area (Å²) < 4.78 is 29.9. The standard InChI is InChI=1S/C27H30N2O5S/c1-15(2)21-13-23(18(6)12-25(21)30)28-34-27-19(7)24(14-22(16(3)4)26(27)31)29-35(32,33)20-10-8-17(5)9-11-20/h8-16H,1-7H3. The Balaban J connectivity index is 2.07. The molecule has 7 nitrogen and oxygen atoms in total. The molecular weight excluding hydrogens is 464 g/mol. The normalized spacial score (nSPS) is 19.5. The van der Waals surface area contributed by atoms with Crippen molar-refractivity contribution < 1.29 is 22.8 Å². The lowest BCUT2D eigenvalue weighted by Gasteiger charge is -2.20. The van der Waals surface area contributed by atoms with E-state index in [2.05, 4.69) is 9.55 Å². The minimum absolute atomic E-state index is 0.00416. The number of allylic oxidation sites excluding steroid dienone is 7. The average Bonchev–Trinajstić information content (AvgIpc) is 2.76. The van der Waals surface area contributed by atoms with Gasteiger partial charge in [-0.25, -0.2) is 0 Å². The third-order valence-electron chi connectivity index (χ3n) is 5.83. The number of carbonyl (C=O) groups is 2. The second-order valence-corrected chi connectivity index (χ2v) is 10.9. The molecule has 0 aliphatic heterocycles. The molecule has 0 saturated carbocycles. The van der Waals surface area contributed by atoms with Gasteiger partial charge in [-0.1, -0.05) is 50.5 Å². The zero-order valence-corrected chi connectivity index (χ0v) is 21.9. The number of rotatable bonds is 6. The van der Waals surface area contributed by atoms with Crippen LogP contribution in [-0.2, 0) is 24.4 Å². The highest BCUT2D eigenvalue weighted by Crippen LogP contribution is 2.28. The van der Waals surface area contributed by atoms with Crippen LogP contribution in [0.5, 0.6) is 0 Å². The third kappa shape index (κ3) is 5.65. The van der Waals surface area contributed by atoms with E-state index in [1.54, 1.807) is 32.1 Å². The molecule has 2 aliphatic rings. The number of carbonyl (C=O) groups excluding carboxylic acids is 2. The highest BCUT2D eigenvalue weighted by atomic mass is 32.2. The zero-order valence-electron chi connectivity index (χ0n) is 21.0. The van der Waals surface area contributed by atoms with E-state index in [-0.39, 0.29) is 45.3 Å². The van der Waals surface area contributed by atoms with Crippen molar-refractivity contribution in [2.75, 3.05) is 0 Å². The third-order valence-corrected chi connectivity index (χ3v) is 7.14. The number of oxime groups is 1. The summed E-state index contributed by atoms with van der Waals surface area (Å²) in [5.74, 6) is -0.756. The van der Waals surface area contributed by atoms with Crippen molar-refractivity contribution in [3.63, 3.8) is 0 Å². The monoisotopic (exact) mass is 494 g/mol. The smallest absolute Gasteiger partial charge is 0.282 e. The van der Waals surface area contributed by atoms with Crippen LogP contribution in [-0.4, -0.2) is 31.4 Å². The SMILES string of the molecule is CC1=CC(=O)C(C(C)C)=CC1=NOC1=C(C)C(=NS(=O)(=O)c2ccc(C)cc2)C=C(C(C)C)C1=O. The van der Waals surface area contributed by atoms with Crippen LogP contribution in [0, 0.1) is 18.8 Å². The van der Waals surface area contributed by atoms with Gasteiger partial charge < -0.3 is 4.84 Å². The van der Waals surface area contributed by atoms with Gasteiger partial charge in [0, 0.05) is 16.7 Å². The van der Waals surface area contributed by atoms with Gasteiger partial charge >= 0.3 is 0 Å². The number of sulfonamides is 1. The van der Waals surface area contributed by atoms with Gasteiger partial charge in [-0.2, -0.15) is 12.8 Å². The lowest BCUT2D eigenvalue weighted by molar-refractivity contribution is -0.116. The van der Waals surface area contributed by atoms with Gasteiger partial charge in [0.15, 0.2) is 5.78 Å². The Labute approximate surface area is 206 Å². The predicted octanol–water partition coefficient (Wildman–Crippen LogP) is 5.05. The van der Waals surface area contributed by atoms with Crippen LogP contribution < -0.4 is 0 Å². The summed E-state index contributed by atoms with van der Waals surface area (Å²) in [5, 5.41) is 4.16. The maximum absolute atomic E-state index is 13.2. The molecule has 0 N–H and O–H groups in total. The fourth-order valence-electron chi connectivity index (χ4n) is 3.60. The van der Waals surface area contributed by atoms with Crippen LogP contribution in [0.1, 0.15) is 47.1 Å². The predicted molar refractivity (Wildman–Crippen MR) is 137 cm³/mol. The Morgan fingerprint density at radius 3 is 1.94 bits per heavy atom. The van der Waals surface area contributed by atoms with Crippen molar-refractivity contribution in [1.29, 1.82) is 0 Å². The molecule has 184 valence electrons. The Morgan fingerprint density at radius 2 is 1.37 bits per heavy atom. The van der Waals surface area contributed by atoms with Crippen molar-refractivity contribution in [2.45, 2.75) is 53.4 Å². The Morgan fingerprint density at radius 1 is 0.800 bits per heavy atom. The van der Waals surface area contributed by atoms with E-state index >= 15 is 0 Å². The second-order valence-electron chi connectivity index (χ2n) is 9.32. The van der Waals surface area contributed by atoms with Gasteiger partial charge in [-0.15, -0.1) is 0 Å². The molecule has 0 heterocycles. The fraction of sp³-hybridized carbons (Fsp3) is 0.333. The minimum atomic E-state index is -4.02. The summed E-state index contributed by atoms with van der Waals surface area (Å²) >= 11 is 0. The molecule has 0 atom stereocenters. The summed E-state index contributed by atoms with van der Waals surface area (Å²) in [5.41, 5.74) is 3.30. The van der Waals surface area contributed by atoms with Gasteiger partial charge in [0.25, 0.3) is 10.0 Å². The average molecular weight is 495 g/mol. The zero-order chi connectivity index (χ0) is 26.1. The molecule has 0 bridgehead atoms. The first kappa shape index (κ1) is 26.2. The largest absolute Gasteiger partial charge is 0.352 e. The van der Waals surface area contributed by atoms with Crippen molar-refractivity contribution in [1.82, 2.24) is 0 Å². The molecule has 0 aromatic heterocycles. The van der Waals surface area contributed by atoms with Crippen LogP contribution in [0.3, 0.4) is 0 Å². The van der Waals surface area contributed by atoms with E-state index in [1.807, 2.05) is 34.6 Å². The maximum atomic E-state index is 13.2. The van der Waals surface area contributed by atoms with Gasteiger partial charge in [-0.05, 0) is 68.5 Å². The molecule has 0 saturated heterocycles. The molecular formula is C27H30N2O5S. The molecule has 1 aromatic carbocycles. The summed E-state index contributed by atoms with van der Waals surface area (Å²) in [6, 6.07) is 6.39. The minimum Gasteiger partial charge on any atom is -0.352 e. The van der Waals surface area contributed by atoms with E-state index in [0.29, 0.717) is 22.4 Å². The quantitative estimate of drug-likeness (QED) is 0.407. The lowest BCUT2D eigenvalue weighted by atomic mass is 9.89. The number of hydrogen-bond donors (Lipinski definition) is 0. The fourth-order valence-corrected chi connectivity index (χ4v) is 4.63. The first-order valence-corrected chi connectivity index (χ1v) is 12.8. The van der Waals surface area contributed by atoms with E-state index < -0.39 is 10.0 Å². The molecule has 0 spiro atoms. The molecule has 0 unspecified atom stereocenters. The van der Waals surface area contributed by atoms with Crippen molar-refractivity contribution in [2.24, 2.45) is 21.4 Å². The number of aryl methyl sites for hydroxylation is 1. The highest BCUT2D eigenvalue weighted by molar-refractivity contribution is 7.90. The van der Waals surface area contributed by atoms with E-state index in [4.69, 9.17) is 4.84 Å². The number of Topliss-reactive ketones (excluding diaryl/α,β-unsaturated/α-hetero) is 1. The summed E-state index contributed by atoms with van der Waals surface area (Å²) in [6.45, 7) is 12.7. The summed E-state index contributed by atoms with van der Waals surface area (Å²) in [6.07, 6.45) is 4.64. The Kier molecular flexibility index (Phi) is 7.55. The first-order chi connectivity index (χ1) is 16.3. The molecule has 8 heteroatoms. The van der Waals surface area contributed by atoms with Gasteiger partial charge in [0.1, 0.15) is 5.71 Å². The molecule has 0 amide bonds. The number of benzene rings is 1. The molecule has 0 radical (unpaired) electrons. The van der Waals surface area contributed by atoms with Crippen LogP contribution in [0.15, 0.2) is 85.0 Å². The van der Waals surface area contributed by atoms with E-state index in [9.17, 15) is 18.0 Å². The van der Waals surface area contributed by atoms with Crippen molar-refractivity contribution in [3.8, 4) is 0 Å². The Hall–Kier alpha value is -3.39. The van der Waals surface area contributed by atoms with Crippen molar-refractivity contribution in [3.05, 3.63) is 76.1 Å². The van der Waals surface area contributed by atoms with Crippen LogP contribution >= 0.6 is 0 Å². The lowest BCUT2D eigenvalue weighted by Crippen LogP contribution is -2.23. The second kappa shape index (κ2) is 10.1. The Bertz CT molecular complexity index is 1370. The molecule has 35 heavy (non-hydrogen) atoms. The topological polar surface area (TPSA) is 102 Å². The van der Waals surface area contributed by atoms with Crippen LogP contribution in [0.4, 0.5) is 0 Å². The van der Waals surface area contributed by atoms with Crippen molar-refractivity contribution >= 4 is 33.0 Å². The molecule has 2 aliphatic carbocycles. The number of ketones is 2. The summed E-state index contributed by atoms with van der Waals surface area (Å²) in [4.78, 5) is 31.1. The highest BCUT2D eigenvalue weighted by Gasteiger charge is 2.30. The van der Waals surface area contributed by atoms with Gasteiger partial charge in [-0.3, -0.25) is 9.59 Å². The maximum Gasteiger partial charge on any atom is 0.282 e. The number of nitrogens with zero attached hydrogens (tertiary/aromatic N) is 2. The molecule has 1 aromatic rings. The first-order valence-electron chi connectivity index (χ1n) is 11.4. The number of hydrogen-bond acceptors (Lipinski definition) is 6. The summed E-state index contributed by atoms with van der Waals surface area (Å²) in [7, 11) is -4.02. The van der Waals surface area contributed by atoms with Crippen LogP contribution in [0.25, 0.3) is 0 Å². The van der Waals surface area contributed by atoms with E-state index in [0.717, 1.165) is 5.56 Å². The van der Waals surface area contributed by atoms with Gasteiger partial charge in [0.2, 0.25) is 11.5 Å². The molecule has 3 rings (SSSR count). The molecule has 0 fully saturated rings.